The van der Waals surface area contributed by atoms with Crippen LogP contribution in [0.15, 0.2) is 0 Å². The number of hydrogen-bond donors (Lipinski definition) is 1. The Morgan fingerprint density at radius 3 is 3.05 bits per heavy atom. The molecule has 1 unspecified atom stereocenters. The van der Waals surface area contributed by atoms with Crippen molar-refractivity contribution in [1.82, 2.24) is 9.27 Å². The van der Waals surface area contributed by atoms with Gasteiger partial charge in [-0.15, -0.1) is 0 Å². The van der Waals surface area contributed by atoms with Crippen LogP contribution in [0.1, 0.15) is 42.2 Å². The molecular weight excluding hydrogens is 274 g/mol. The predicted octanol–water partition coefficient (Wildman–Crippen LogP) is 2.52. The van der Waals surface area contributed by atoms with E-state index in [0.717, 1.165) is 23.8 Å². The Bertz CT molecular complexity index is 461. The molecule has 0 aliphatic carbocycles. The van der Waals surface area contributed by atoms with E-state index in [1.807, 2.05) is 13.8 Å². The molecule has 1 aliphatic rings. The summed E-state index contributed by atoms with van der Waals surface area (Å²) in [6.07, 6.45) is 3.76. The summed E-state index contributed by atoms with van der Waals surface area (Å²) in [5.74, 6) is -0.279. The second-order valence-electron chi connectivity index (χ2n) is 5.20. The fraction of sp³-hybridized carbons (Fsp3) is 0.714. The standard InChI is InChI=1S/C14H23N3O2S/c1-4-19-14(18)12-10(2)16-20-13(12)15-9-11-7-5-6-8-17(11)3/h11,15H,4-9H2,1-3H3. The van der Waals surface area contributed by atoms with Gasteiger partial charge in [0.2, 0.25) is 0 Å². The fourth-order valence-corrected chi connectivity index (χ4v) is 3.34. The van der Waals surface area contributed by atoms with E-state index in [4.69, 9.17) is 4.74 Å². The number of anilines is 1. The van der Waals surface area contributed by atoms with Crippen LogP contribution < -0.4 is 5.32 Å². The van der Waals surface area contributed by atoms with Crippen LogP contribution >= 0.6 is 11.5 Å². The number of likely N-dealkylation sites (tertiary alicyclic amines) is 1. The zero-order chi connectivity index (χ0) is 14.5. The molecular formula is C14H23N3O2S. The molecule has 1 fully saturated rings. The van der Waals surface area contributed by atoms with Crippen molar-refractivity contribution in [2.75, 3.05) is 32.1 Å². The zero-order valence-corrected chi connectivity index (χ0v) is 13.3. The van der Waals surface area contributed by atoms with Crippen molar-refractivity contribution in [2.24, 2.45) is 0 Å². The molecule has 1 aromatic rings. The highest BCUT2D eigenvalue weighted by atomic mass is 32.1. The Morgan fingerprint density at radius 1 is 1.55 bits per heavy atom. The van der Waals surface area contributed by atoms with Gasteiger partial charge in [-0.3, -0.25) is 0 Å². The summed E-state index contributed by atoms with van der Waals surface area (Å²) in [7, 11) is 2.16. The van der Waals surface area contributed by atoms with Crippen molar-refractivity contribution in [3.63, 3.8) is 0 Å². The second-order valence-corrected chi connectivity index (χ2v) is 5.98. The van der Waals surface area contributed by atoms with Gasteiger partial charge in [-0.2, -0.15) is 4.37 Å². The minimum atomic E-state index is -0.279. The molecule has 1 N–H and O–H groups in total. The molecule has 1 aliphatic heterocycles. The average molecular weight is 297 g/mol. The number of likely N-dealkylation sites (N-methyl/N-ethyl adjacent to an activating group) is 1. The van der Waals surface area contributed by atoms with Gasteiger partial charge in [-0.1, -0.05) is 6.42 Å². The van der Waals surface area contributed by atoms with Crippen molar-refractivity contribution in [3.05, 3.63) is 11.3 Å². The lowest BCUT2D eigenvalue weighted by molar-refractivity contribution is 0.0527. The number of piperidine rings is 1. The van der Waals surface area contributed by atoms with Gasteiger partial charge in [0.05, 0.1) is 12.3 Å². The minimum absolute atomic E-state index is 0.279. The number of aromatic nitrogens is 1. The topological polar surface area (TPSA) is 54.5 Å². The van der Waals surface area contributed by atoms with Crippen LogP contribution in [-0.4, -0.2) is 48.0 Å². The molecule has 1 aromatic heterocycles. The van der Waals surface area contributed by atoms with E-state index in [0.29, 0.717) is 18.2 Å². The van der Waals surface area contributed by atoms with Gasteiger partial charge < -0.3 is 15.0 Å². The predicted molar refractivity (Wildman–Crippen MR) is 81.6 cm³/mol. The SMILES string of the molecule is CCOC(=O)c1c(C)nsc1NCC1CCCCN1C. The number of carbonyl (C=O) groups excluding carboxylic acids is 1. The third kappa shape index (κ3) is 3.49. The Kier molecular flexibility index (Phi) is 5.37. The van der Waals surface area contributed by atoms with Crippen molar-refractivity contribution >= 4 is 22.5 Å². The van der Waals surface area contributed by atoms with Gasteiger partial charge in [0.25, 0.3) is 0 Å². The van der Waals surface area contributed by atoms with Crippen molar-refractivity contribution in [2.45, 2.75) is 39.2 Å². The highest BCUT2D eigenvalue weighted by molar-refractivity contribution is 7.10. The van der Waals surface area contributed by atoms with Crippen molar-refractivity contribution in [1.29, 1.82) is 0 Å². The Hall–Kier alpha value is -1.14. The summed E-state index contributed by atoms with van der Waals surface area (Å²) < 4.78 is 9.37. The Balaban J connectivity index is 2.00. The van der Waals surface area contributed by atoms with Crippen molar-refractivity contribution < 1.29 is 9.53 Å². The molecule has 0 saturated carbocycles. The number of hydrogen-bond acceptors (Lipinski definition) is 6. The number of ether oxygens (including phenoxy) is 1. The molecule has 0 amide bonds. The third-order valence-electron chi connectivity index (χ3n) is 3.76. The van der Waals surface area contributed by atoms with Gasteiger partial charge in [-0.05, 0) is 51.8 Å². The summed E-state index contributed by atoms with van der Waals surface area (Å²) in [5, 5.41) is 4.22. The second kappa shape index (κ2) is 7.04. The van der Waals surface area contributed by atoms with Gasteiger partial charge in [0.15, 0.2) is 0 Å². The van der Waals surface area contributed by atoms with Crippen LogP contribution in [0.25, 0.3) is 0 Å². The molecule has 2 rings (SSSR count). The number of nitrogens with zero attached hydrogens (tertiary/aromatic N) is 2. The van der Waals surface area contributed by atoms with Crippen LogP contribution in [-0.2, 0) is 4.74 Å². The van der Waals surface area contributed by atoms with Crippen LogP contribution in [0.5, 0.6) is 0 Å². The number of carbonyl (C=O) groups is 1. The first-order valence-electron chi connectivity index (χ1n) is 7.21. The Morgan fingerprint density at radius 2 is 2.35 bits per heavy atom. The molecule has 0 bridgehead atoms. The summed E-state index contributed by atoms with van der Waals surface area (Å²) in [5.41, 5.74) is 1.34. The van der Waals surface area contributed by atoms with E-state index < -0.39 is 0 Å². The summed E-state index contributed by atoms with van der Waals surface area (Å²) >= 11 is 1.34. The molecule has 2 heterocycles. The maximum atomic E-state index is 12.0. The Labute approximate surface area is 124 Å². The first kappa shape index (κ1) is 15.3. The van der Waals surface area contributed by atoms with E-state index >= 15 is 0 Å². The maximum Gasteiger partial charge on any atom is 0.343 e. The molecule has 1 saturated heterocycles. The fourth-order valence-electron chi connectivity index (χ4n) is 2.55. The van der Waals surface area contributed by atoms with Crippen LogP contribution in [0.2, 0.25) is 0 Å². The van der Waals surface area contributed by atoms with E-state index in [-0.39, 0.29) is 5.97 Å². The molecule has 6 heteroatoms. The number of nitrogens with one attached hydrogen (secondary N) is 1. The lowest BCUT2D eigenvalue weighted by atomic mass is 10.0. The smallest absolute Gasteiger partial charge is 0.343 e. The van der Waals surface area contributed by atoms with E-state index in [1.165, 1.54) is 30.8 Å². The quantitative estimate of drug-likeness (QED) is 0.846. The summed E-state index contributed by atoms with van der Waals surface area (Å²) in [4.78, 5) is 14.3. The highest BCUT2D eigenvalue weighted by Crippen LogP contribution is 2.26. The molecule has 0 radical (unpaired) electrons. The first-order chi connectivity index (χ1) is 9.63. The third-order valence-corrected chi connectivity index (χ3v) is 4.66. The largest absolute Gasteiger partial charge is 0.462 e. The molecule has 0 spiro atoms. The molecule has 5 nitrogen and oxygen atoms in total. The normalized spacial score (nSPS) is 19.9. The average Bonchev–Trinajstić information content (AvgIpc) is 2.79. The van der Waals surface area contributed by atoms with E-state index in [9.17, 15) is 4.79 Å². The highest BCUT2D eigenvalue weighted by Gasteiger charge is 2.22. The summed E-state index contributed by atoms with van der Waals surface area (Å²) in [6.45, 7) is 6.06. The zero-order valence-electron chi connectivity index (χ0n) is 12.4. The number of esters is 1. The summed E-state index contributed by atoms with van der Waals surface area (Å²) in [6, 6.07) is 0.529. The molecule has 0 aromatic carbocycles. The minimum Gasteiger partial charge on any atom is -0.462 e. The van der Waals surface area contributed by atoms with Crippen LogP contribution in [0.3, 0.4) is 0 Å². The van der Waals surface area contributed by atoms with E-state index in [2.05, 4.69) is 21.6 Å². The van der Waals surface area contributed by atoms with Crippen LogP contribution in [0.4, 0.5) is 5.00 Å². The molecule has 1 atom stereocenters. The number of rotatable bonds is 5. The van der Waals surface area contributed by atoms with Gasteiger partial charge in [0, 0.05) is 12.6 Å². The van der Waals surface area contributed by atoms with Gasteiger partial charge >= 0.3 is 5.97 Å². The number of aryl methyl sites for hydroxylation is 1. The van der Waals surface area contributed by atoms with Crippen LogP contribution in [0, 0.1) is 6.92 Å². The molecule has 112 valence electrons. The monoisotopic (exact) mass is 297 g/mol. The lowest BCUT2D eigenvalue weighted by Gasteiger charge is -2.32. The molecule has 20 heavy (non-hydrogen) atoms. The lowest BCUT2D eigenvalue weighted by Crippen LogP contribution is -2.40. The first-order valence-corrected chi connectivity index (χ1v) is 7.98. The van der Waals surface area contributed by atoms with Crippen molar-refractivity contribution in [3.8, 4) is 0 Å². The van der Waals surface area contributed by atoms with Gasteiger partial charge in [0.1, 0.15) is 10.6 Å². The van der Waals surface area contributed by atoms with Gasteiger partial charge in [-0.25, -0.2) is 4.79 Å². The maximum absolute atomic E-state index is 12.0. The van der Waals surface area contributed by atoms with E-state index in [1.54, 1.807) is 0 Å².